The molecule has 0 fully saturated rings. The smallest absolute Gasteiger partial charge is 0.404 e. The van der Waals surface area contributed by atoms with Gasteiger partial charge >= 0.3 is 6.09 Å². The molecule has 132 valence electrons. The summed E-state index contributed by atoms with van der Waals surface area (Å²) in [6.07, 6.45) is 2.24. The molecule has 0 saturated carbocycles. The Labute approximate surface area is 144 Å². The van der Waals surface area contributed by atoms with E-state index in [0.29, 0.717) is 26.2 Å². The maximum atomic E-state index is 10.5. The third kappa shape index (κ3) is 10.6. The molecule has 1 aromatic rings. The van der Waals surface area contributed by atoms with Crippen molar-refractivity contribution < 1.29 is 14.6 Å². The quantitative estimate of drug-likeness (QED) is 0.542. The van der Waals surface area contributed by atoms with Crippen molar-refractivity contribution in [3.63, 3.8) is 0 Å². The van der Waals surface area contributed by atoms with Crippen LogP contribution in [-0.4, -0.2) is 48.9 Å². The van der Waals surface area contributed by atoms with Gasteiger partial charge in [-0.1, -0.05) is 30.3 Å². The van der Waals surface area contributed by atoms with Gasteiger partial charge in [-0.05, 0) is 31.4 Å². The number of ether oxygens (including phenoxy) is 1. The summed E-state index contributed by atoms with van der Waals surface area (Å²) in [4.78, 5) is 12.8. The average Bonchev–Trinajstić information content (AvgIpc) is 2.58. The largest absolute Gasteiger partial charge is 0.465 e. The minimum Gasteiger partial charge on any atom is -0.465 e. The molecular weight excluding hydrogens is 306 g/mol. The SMILES string of the molecule is N#CCCOCCCCN(CCCNC(=O)O)Cc1ccccc1. The molecule has 0 radical (unpaired) electrons. The Bertz CT molecular complexity index is 488. The standard InChI is InChI=1S/C18H27N3O3/c19-10-6-15-24-14-5-4-12-21(13-7-11-20-18(22)23)16-17-8-2-1-3-9-17/h1-3,8-9,20H,4-7,11-16H2,(H,22,23). The van der Waals surface area contributed by atoms with Gasteiger partial charge in [-0.25, -0.2) is 4.79 Å². The average molecular weight is 333 g/mol. The van der Waals surface area contributed by atoms with Gasteiger partial charge in [0.15, 0.2) is 0 Å². The molecule has 0 aromatic heterocycles. The summed E-state index contributed by atoms with van der Waals surface area (Å²) in [5.41, 5.74) is 1.26. The van der Waals surface area contributed by atoms with E-state index in [0.717, 1.165) is 38.9 Å². The number of nitrogens with one attached hydrogen (secondary N) is 1. The Kier molecular flexibility index (Phi) is 11.1. The number of carbonyl (C=O) groups is 1. The van der Waals surface area contributed by atoms with Gasteiger partial charge in [0.2, 0.25) is 0 Å². The first-order valence-corrected chi connectivity index (χ1v) is 8.40. The molecular formula is C18H27N3O3. The molecule has 0 saturated heterocycles. The number of benzene rings is 1. The number of nitriles is 1. The summed E-state index contributed by atoms with van der Waals surface area (Å²) >= 11 is 0. The monoisotopic (exact) mass is 333 g/mol. The molecule has 0 aliphatic carbocycles. The van der Waals surface area contributed by atoms with E-state index in [1.54, 1.807) is 0 Å². The van der Waals surface area contributed by atoms with Crippen molar-refractivity contribution in [2.24, 2.45) is 0 Å². The van der Waals surface area contributed by atoms with Gasteiger partial charge in [0, 0.05) is 26.2 Å². The maximum absolute atomic E-state index is 10.5. The fourth-order valence-electron chi connectivity index (χ4n) is 2.37. The summed E-state index contributed by atoms with van der Waals surface area (Å²) in [5, 5.41) is 19.5. The molecule has 1 aromatic carbocycles. The van der Waals surface area contributed by atoms with E-state index >= 15 is 0 Å². The second kappa shape index (κ2) is 13.3. The summed E-state index contributed by atoms with van der Waals surface area (Å²) in [7, 11) is 0. The van der Waals surface area contributed by atoms with E-state index < -0.39 is 6.09 Å². The zero-order valence-corrected chi connectivity index (χ0v) is 14.1. The lowest BCUT2D eigenvalue weighted by Crippen LogP contribution is -2.30. The van der Waals surface area contributed by atoms with Gasteiger partial charge in [-0.2, -0.15) is 5.26 Å². The van der Waals surface area contributed by atoms with Crippen molar-refractivity contribution >= 4 is 6.09 Å². The molecule has 0 unspecified atom stereocenters. The first-order chi connectivity index (χ1) is 11.7. The molecule has 2 N–H and O–H groups in total. The number of hydrogen-bond donors (Lipinski definition) is 2. The predicted molar refractivity (Wildman–Crippen MR) is 92.6 cm³/mol. The van der Waals surface area contributed by atoms with Crippen LogP contribution in [0.3, 0.4) is 0 Å². The zero-order chi connectivity index (χ0) is 17.5. The van der Waals surface area contributed by atoms with Crippen molar-refractivity contribution in [2.75, 3.05) is 32.8 Å². The van der Waals surface area contributed by atoms with Gasteiger partial charge in [0.1, 0.15) is 0 Å². The second-order valence-corrected chi connectivity index (χ2v) is 5.57. The summed E-state index contributed by atoms with van der Waals surface area (Å²) in [5.74, 6) is 0. The van der Waals surface area contributed by atoms with E-state index in [-0.39, 0.29) is 0 Å². The first kappa shape index (κ1) is 19.9. The lowest BCUT2D eigenvalue weighted by molar-refractivity contribution is 0.131. The number of hydrogen-bond acceptors (Lipinski definition) is 4. The first-order valence-electron chi connectivity index (χ1n) is 8.40. The van der Waals surface area contributed by atoms with Gasteiger partial charge in [0.05, 0.1) is 19.1 Å². The summed E-state index contributed by atoms with van der Waals surface area (Å²) < 4.78 is 5.38. The number of amides is 1. The van der Waals surface area contributed by atoms with Crippen LogP contribution in [0.1, 0.15) is 31.2 Å². The van der Waals surface area contributed by atoms with E-state index in [9.17, 15) is 4.79 Å². The fourth-order valence-corrected chi connectivity index (χ4v) is 2.37. The Hall–Kier alpha value is -2.10. The van der Waals surface area contributed by atoms with Crippen LogP contribution in [0.25, 0.3) is 0 Å². The predicted octanol–water partition coefficient (Wildman–Crippen LogP) is 2.86. The number of unbranched alkanes of at least 4 members (excludes halogenated alkanes) is 1. The van der Waals surface area contributed by atoms with Crippen LogP contribution in [0, 0.1) is 11.3 Å². The molecule has 6 heteroatoms. The highest BCUT2D eigenvalue weighted by atomic mass is 16.5. The molecule has 6 nitrogen and oxygen atoms in total. The number of rotatable bonds is 13. The molecule has 0 spiro atoms. The second-order valence-electron chi connectivity index (χ2n) is 5.57. The van der Waals surface area contributed by atoms with E-state index in [1.807, 2.05) is 18.2 Å². The van der Waals surface area contributed by atoms with Crippen molar-refractivity contribution in [3.05, 3.63) is 35.9 Å². The van der Waals surface area contributed by atoms with Crippen LogP contribution < -0.4 is 5.32 Å². The van der Waals surface area contributed by atoms with Crippen molar-refractivity contribution in [1.82, 2.24) is 10.2 Å². The number of carboxylic acid groups (broad SMARTS) is 1. The van der Waals surface area contributed by atoms with Gasteiger partial charge in [0.25, 0.3) is 0 Å². The van der Waals surface area contributed by atoms with Gasteiger partial charge < -0.3 is 15.2 Å². The van der Waals surface area contributed by atoms with Crippen LogP contribution in [0.4, 0.5) is 4.79 Å². The summed E-state index contributed by atoms with van der Waals surface area (Å²) in [6, 6.07) is 12.3. The molecule has 0 heterocycles. The van der Waals surface area contributed by atoms with Crippen LogP contribution in [-0.2, 0) is 11.3 Å². The lowest BCUT2D eigenvalue weighted by Gasteiger charge is -2.22. The highest BCUT2D eigenvalue weighted by molar-refractivity contribution is 5.64. The van der Waals surface area contributed by atoms with E-state index in [2.05, 4.69) is 28.4 Å². The zero-order valence-electron chi connectivity index (χ0n) is 14.1. The number of nitrogens with zero attached hydrogens (tertiary/aromatic N) is 2. The molecule has 1 amide bonds. The minimum atomic E-state index is -0.973. The van der Waals surface area contributed by atoms with E-state index in [1.165, 1.54) is 5.56 Å². The van der Waals surface area contributed by atoms with Crippen LogP contribution in [0.2, 0.25) is 0 Å². The topological polar surface area (TPSA) is 85.6 Å². The molecule has 1 rings (SSSR count). The highest BCUT2D eigenvalue weighted by Gasteiger charge is 2.06. The Morgan fingerprint density at radius 1 is 1.17 bits per heavy atom. The van der Waals surface area contributed by atoms with Gasteiger partial charge in [-0.3, -0.25) is 4.90 Å². The van der Waals surface area contributed by atoms with Crippen molar-refractivity contribution in [2.45, 2.75) is 32.2 Å². The van der Waals surface area contributed by atoms with E-state index in [4.69, 9.17) is 15.1 Å². The molecule has 0 bridgehead atoms. The Morgan fingerprint density at radius 3 is 2.62 bits per heavy atom. The Morgan fingerprint density at radius 2 is 1.92 bits per heavy atom. The third-order valence-electron chi connectivity index (χ3n) is 3.55. The van der Waals surface area contributed by atoms with Crippen molar-refractivity contribution in [1.29, 1.82) is 5.26 Å². The highest BCUT2D eigenvalue weighted by Crippen LogP contribution is 2.07. The normalized spacial score (nSPS) is 10.5. The Balaban J connectivity index is 2.28. The van der Waals surface area contributed by atoms with Crippen LogP contribution in [0.5, 0.6) is 0 Å². The lowest BCUT2D eigenvalue weighted by atomic mass is 10.2. The fraction of sp³-hybridized carbons (Fsp3) is 0.556. The minimum absolute atomic E-state index is 0.441. The maximum Gasteiger partial charge on any atom is 0.404 e. The van der Waals surface area contributed by atoms with Crippen molar-refractivity contribution in [3.8, 4) is 6.07 Å². The third-order valence-corrected chi connectivity index (χ3v) is 3.55. The van der Waals surface area contributed by atoms with Crippen LogP contribution in [0.15, 0.2) is 30.3 Å². The molecule has 0 atom stereocenters. The molecule has 0 aliphatic heterocycles. The molecule has 24 heavy (non-hydrogen) atoms. The van der Waals surface area contributed by atoms with Gasteiger partial charge in [-0.15, -0.1) is 0 Å². The molecule has 0 aliphatic rings. The van der Waals surface area contributed by atoms with Crippen LogP contribution >= 0.6 is 0 Å². The summed E-state index contributed by atoms with van der Waals surface area (Å²) in [6.45, 7) is 4.32.